The molecule has 3 fully saturated rings. The van der Waals surface area contributed by atoms with Crippen molar-refractivity contribution in [3.63, 3.8) is 0 Å². The van der Waals surface area contributed by atoms with Crippen molar-refractivity contribution in [1.82, 2.24) is 10.2 Å². The number of rotatable bonds is 4. The molecule has 0 spiro atoms. The van der Waals surface area contributed by atoms with E-state index in [4.69, 9.17) is 9.73 Å². The van der Waals surface area contributed by atoms with Crippen molar-refractivity contribution in [1.29, 1.82) is 0 Å². The Kier molecular flexibility index (Phi) is 8.36. The maximum Gasteiger partial charge on any atom is 0.194 e. The van der Waals surface area contributed by atoms with E-state index in [0.717, 1.165) is 57.4 Å². The van der Waals surface area contributed by atoms with Crippen LogP contribution in [0.15, 0.2) is 4.99 Å². The van der Waals surface area contributed by atoms with Crippen molar-refractivity contribution in [2.75, 3.05) is 56.7 Å². The van der Waals surface area contributed by atoms with Crippen molar-refractivity contribution in [2.24, 2.45) is 16.8 Å². The summed E-state index contributed by atoms with van der Waals surface area (Å²) in [6.07, 6.45) is 1.85. The van der Waals surface area contributed by atoms with E-state index in [9.17, 15) is 8.42 Å². The molecular formula is C17H32IN3O3S2. The van der Waals surface area contributed by atoms with Crippen molar-refractivity contribution >= 4 is 51.5 Å². The third-order valence-electron chi connectivity index (χ3n) is 5.12. The van der Waals surface area contributed by atoms with Gasteiger partial charge in [0.2, 0.25) is 0 Å². The first-order valence-corrected chi connectivity index (χ1v) is 12.1. The third kappa shape index (κ3) is 6.70. The molecule has 3 saturated heterocycles. The van der Waals surface area contributed by atoms with Crippen LogP contribution >= 0.6 is 35.7 Å². The summed E-state index contributed by atoms with van der Waals surface area (Å²) in [7, 11) is -2.84. The van der Waals surface area contributed by atoms with Gasteiger partial charge in [-0.2, -0.15) is 11.8 Å². The molecule has 3 rings (SSSR count). The minimum absolute atomic E-state index is 0. The SMILES string of the molecule is CC1(C)CN(C(=NCC2CCS(=O)(=O)C2)NCC2CCOC2)CCS1.I. The van der Waals surface area contributed by atoms with Gasteiger partial charge in [-0.1, -0.05) is 0 Å². The second-order valence-electron chi connectivity index (χ2n) is 8.07. The molecular weight excluding hydrogens is 485 g/mol. The van der Waals surface area contributed by atoms with Gasteiger partial charge < -0.3 is 15.0 Å². The smallest absolute Gasteiger partial charge is 0.194 e. The normalized spacial score (nSPS) is 30.8. The van der Waals surface area contributed by atoms with Gasteiger partial charge >= 0.3 is 0 Å². The first-order valence-electron chi connectivity index (χ1n) is 9.28. The number of hydrogen-bond donors (Lipinski definition) is 1. The first kappa shape index (κ1) is 22.5. The third-order valence-corrected chi connectivity index (χ3v) is 8.26. The lowest BCUT2D eigenvalue weighted by atomic mass is 10.1. The lowest BCUT2D eigenvalue weighted by Gasteiger charge is -2.39. The average Bonchev–Trinajstić information content (AvgIpc) is 3.15. The van der Waals surface area contributed by atoms with Crippen molar-refractivity contribution in [3.05, 3.63) is 0 Å². The summed E-state index contributed by atoms with van der Waals surface area (Å²) in [5.41, 5.74) is 0. The molecule has 0 saturated carbocycles. The number of halogens is 1. The fraction of sp³-hybridized carbons (Fsp3) is 0.941. The molecule has 26 heavy (non-hydrogen) atoms. The molecule has 152 valence electrons. The quantitative estimate of drug-likeness (QED) is 0.349. The molecule has 9 heteroatoms. The average molecular weight is 517 g/mol. The molecule has 1 N–H and O–H groups in total. The van der Waals surface area contributed by atoms with E-state index in [1.807, 2.05) is 11.8 Å². The fourth-order valence-corrected chi connectivity index (χ4v) is 6.64. The number of hydrogen-bond acceptors (Lipinski definition) is 5. The van der Waals surface area contributed by atoms with Gasteiger partial charge in [0.15, 0.2) is 15.8 Å². The summed E-state index contributed by atoms with van der Waals surface area (Å²) in [6, 6.07) is 0. The Hall–Kier alpha value is 0.260. The fourth-order valence-electron chi connectivity index (χ4n) is 3.68. The lowest BCUT2D eigenvalue weighted by molar-refractivity contribution is 0.186. The molecule has 3 heterocycles. The van der Waals surface area contributed by atoms with Crippen LogP contribution in [0.25, 0.3) is 0 Å². The summed E-state index contributed by atoms with van der Waals surface area (Å²) in [5, 5.41) is 3.55. The van der Waals surface area contributed by atoms with E-state index in [0.29, 0.717) is 24.0 Å². The maximum atomic E-state index is 11.7. The predicted octanol–water partition coefficient (Wildman–Crippen LogP) is 1.85. The van der Waals surface area contributed by atoms with E-state index in [1.165, 1.54) is 0 Å². The molecule has 3 aliphatic rings. The summed E-state index contributed by atoms with van der Waals surface area (Å²) in [5.74, 6) is 3.38. The molecule has 0 aromatic carbocycles. The highest BCUT2D eigenvalue weighted by Gasteiger charge is 2.31. The Morgan fingerprint density at radius 2 is 2.15 bits per heavy atom. The van der Waals surface area contributed by atoms with Gasteiger partial charge in [0.1, 0.15) is 0 Å². The molecule has 6 nitrogen and oxygen atoms in total. The molecule has 2 atom stereocenters. The van der Waals surface area contributed by atoms with Crippen LogP contribution in [0, 0.1) is 11.8 Å². The van der Waals surface area contributed by atoms with Crippen molar-refractivity contribution in [2.45, 2.75) is 31.4 Å². The predicted molar refractivity (Wildman–Crippen MR) is 120 cm³/mol. The van der Waals surface area contributed by atoms with E-state index in [2.05, 4.69) is 24.1 Å². The van der Waals surface area contributed by atoms with Crippen LogP contribution in [0.3, 0.4) is 0 Å². The molecule has 0 bridgehead atoms. The van der Waals surface area contributed by atoms with Crippen LogP contribution < -0.4 is 5.32 Å². The number of nitrogens with one attached hydrogen (secondary N) is 1. The zero-order chi connectivity index (χ0) is 17.9. The molecule has 3 aliphatic heterocycles. The van der Waals surface area contributed by atoms with Gasteiger partial charge in [0, 0.05) is 49.2 Å². The molecule has 2 unspecified atom stereocenters. The highest BCUT2D eigenvalue weighted by atomic mass is 127. The van der Waals surface area contributed by atoms with Gasteiger partial charge in [-0.15, -0.1) is 24.0 Å². The van der Waals surface area contributed by atoms with Gasteiger partial charge in [-0.3, -0.25) is 4.99 Å². The van der Waals surface area contributed by atoms with Gasteiger partial charge in [-0.05, 0) is 32.6 Å². The zero-order valence-corrected chi connectivity index (χ0v) is 19.7. The van der Waals surface area contributed by atoms with Crippen molar-refractivity contribution in [3.8, 4) is 0 Å². The molecule has 0 amide bonds. The number of nitrogens with zero attached hydrogens (tertiary/aromatic N) is 2. The number of thioether (sulfide) groups is 1. The summed E-state index contributed by atoms with van der Waals surface area (Å²) >= 11 is 2.00. The van der Waals surface area contributed by atoms with Crippen LogP contribution in [0.2, 0.25) is 0 Å². The zero-order valence-electron chi connectivity index (χ0n) is 15.8. The van der Waals surface area contributed by atoms with E-state index < -0.39 is 9.84 Å². The van der Waals surface area contributed by atoms with E-state index in [-0.39, 0.29) is 34.6 Å². The van der Waals surface area contributed by atoms with Crippen LogP contribution in [-0.4, -0.2) is 80.7 Å². The minimum atomic E-state index is -2.84. The van der Waals surface area contributed by atoms with Gasteiger partial charge in [0.05, 0.1) is 18.1 Å². The second kappa shape index (κ2) is 9.65. The molecule has 0 aromatic rings. The van der Waals surface area contributed by atoms with Gasteiger partial charge in [-0.25, -0.2) is 8.42 Å². The van der Waals surface area contributed by atoms with Crippen molar-refractivity contribution < 1.29 is 13.2 Å². The molecule has 0 aliphatic carbocycles. The Morgan fingerprint density at radius 1 is 1.35 bits per heavy atom. The number of ether oxygens (including phenoxy) is 1. The first-order chi connectivity index (χ1) is 11.8. The Balaban J connectivity index is 0.00000243. The van der Waals surface area contributed by atoms with Crippen LogP contribution in [0.1, 0.15) is 26.7 Å². The lowest BCUT2D eigenvalue weighted by Crippen LogP contribution is -2.51. The maximum absolute atomic E-state index is 11.7. The summed E-state index contributed by atoms with van der Waals surface area (Å²) < 4.78 is 29.0. The Labute approximate surface area is 179 Å². The summed E-state index contributed by atoms with van der Waals surface area (Å²) in [6.45, 7) is 9.66. The second-order valence-corrected chi connectivity index (χ2v) is 12.1. The number of guanidine groups is 1. The van der Waals surface area contributed by atoms with E-state index in [1.54, 1.807) is 0 Å². The highest BCUT2D eigenvalue weighted by molar-refractivity contribution is 14.0. The van der Waals surface area contributed by atoms with Gasteiger partial charge in [0.25, 0.3) is 0 Å². The van der Waals surface area contributed by atoms with Crippen LogP contribution in [0.5, 0.6) is 0 Å². The number of aliphatic imine (C=N–C) groups is 1. The monoisotopic (exact) mass is 517 g/mol. The van der Waals surface area contributed by atoms with E-state index >= 15 is 0 Å². The Morgan fingerprint density at radius 3 is 2.77 bits per heavy atom. The highest BCUT2D eigenvalue weighted by Crippen LogP contribution is 2.29. The largest absolute Gasteiger partial charge is 0.381 e. The van der Waals surface area contributed by atoms with Crippen LogP contribution in [0.4, 0.5) is 0 Å². The topological polar surface area (TPSA) is 71.0 Å². The summed E-state index contributed by atoms with van der Waals surface area (Å²) in [4.78, 5) is 7.18. The number of sulfone groups is 1. The standard InChI is InChI=1S/C17H31N3O3S2.HI/c1-17(2)13-20(5-7-24-17)16(18-9-14-3-6-23-11-14)19-10-15-4-8-25(21,22)12-15;/h14-15H,3-13H2,1-2H3,(H,18,19);1H. The minimum Gasteiger partial charge on any atom is -0.381 e. The Bertz CT molecular complexity index is 592. The molecule has 0 radical (unpaired) electrons. The van der Waals surface area contributed by atoms with Crippen LogP contribution in [-0.2, 0) is 14.6 Å². The molecule has 0 aromatic heterocycles.